The highest BCUT2D eigenvalue weighted by Crippen LogP contribution is 2.41. The molecule has 0 saturated carbocycles. The molecule has 160 valence electrons. The largest absolute Gasteiger partial charge is 0.506 e. The summed E-state index contributed by atoms with van der Waals surface area (Å²) >= 11 is 1.51. The van der Waals surface area contributed by atoms with E-state index in [-0.39, 0.29) is 5.75 Å². The summed E-state index contributed by atoms with van der Waals surface area (Å²) in [6, 6.07) is 13.3. The lowest BCUT2D eigenvalue weighted by molar-refractivity contribution is -0.250. The van der Waals surface area contributed by atoms with Gasteiger partial charge >= 0.3 is 0 Å². The summed E-state index contributed by atoms with van der Waals surface area (Å²) in [5.74, 6) is -0.00218. The van der Waals surface area contributed by atoms with E-state index in [1.165, 1.54) is 23.4 Å². The van der Waals surface area contributed by atoms with E-state index in [0.29, 0.717) is 5.52 Å². The molecular weight excluding hydrogens is 406 g/mol. The first-order valence-electron chi connectivity index (χ1n) is 9.84. The van der Waals surface area contributed by atoms with Crippen molar-refractivity contribution in [1.29, 1.82) is 0 Å². The third-order valence-corrected chi connectivity index (χ3v) is 6.55. The Bertz CT molecular complexity index is 1020. The Labute approximate surface area is 178 Å². The number of benzene rings is 2. The number of para-hydroxylation sites is 1. The van der Waals surface area contributed by atoms with Gasteiger partial charge in [0.05, 0.1) is 12.1 Å². The third-order valence-electron chi connectivity index (χ3n) is 5.50. The van der Waals surface area contributed by atoms with Crippen LogP contribution in [-0.4, -0.2) is 61.1 Å². The summed E-state index contributed by atoms with van der Waals surface area (Å²) in [7, 11) is 0. The van der Waals surface area contributed by atoms with Crippen LogP contribution in [-0.2, 0) is 11.2 Å². The molecule has 1 aromatic heterocycles. The Morgan fingerprint density at radius 3 is 2.40 bits per heavy atom. The monoisotopic (exact) mass is 431 g/mol. The van der Waals surface area contributed by atoms with Crippen LogP contribution in [0, 0.1) is 0 Å². The molecule has 0 unspecified atom stereocenters. The molecule has 0 amide bonds. The van der Waals surface area contributed by atoms with Gasteiger partial charge in [-0.15, -0.1) is 0 Å². The molecule has 4 rings (SSSR count). The predicted molar refractivity (Wildman–Crippen MR) is 113 cm³/mol. The standard InChI is InChI=1S/C22H25NO6S/c1-2-12-6-8-13(9-7-12)30-17-10-23(18-14(17)4-3-5-15(18)25)22-21(28)20(27)19(26)16(11-24)29-22/h3-10,16,19-22,24-28H,2,11H2,1H3/t16-,19-,20+,21-,22-/m1/s1. The first-order valence-corrected chi connectivity index (χ1v) is 10.7. The van der Waals surface area contributed by atoms with Crippen LogP contribution >= 0.6 is 11.8 Å². The fourth-order valence-corrected chi connectivity index (χ4v) is 4.74. The first kappa shape index (κ1) is 21.2. The van der Waals surface area contributed by atoms with E-state index in [0.717, 1.165) is 21.6 Å². The van der Waals surface area contributed by atoms with E-state index in [2.05, 4.69) is 19.1 Å². The molecule has 8 heteroatoms. The van der Waals surface area contributed by atoms with Gasteiger partial charge in [0.1, 0.15) is 30.2 Å². The van der Waals surface area contributed by atoms with Gasteiger partial charge in [0, 0.05) is 21.4 Å². The van der Waals surface area contributed by atoms with Crippen LogP contribution in [0.1, 0.15) is 18.7 Å². The van der Waals surface area contributed by atoms with Gasteiger partial charge in [-0.3, -0.25) is 0 Å². The molecule has 5 atom stereocenters. The number of hydrogen-bond donors (Lipinski definition) is 5. The Kier molecular flexibility index (Phi) is 6.06. The fourth-order valence-electron chi connectivity index (χ4n) is 3.78. The van der Waals surface area contributed by atoms with Gasteiger partial charge in [-0.2, -0.15) is 0 Å². The van der Waals surface area contributed by atoms with Gasteiger partial charge in [-0.05, 0) is 30.2 Å². The highest BCUT2D eigenvalue weighted by Gasteiger charge is 2.44. The summed E-state index contributed by atoms with van der Waals surface area (Å²) in [4.78, 5) is 1.85. The molecule has 0 spiro atoms. The molecular formula is C22H25NO6S. The first-order chi connectivity index (χ1) is 14.4. The number of aromatic hydroxyl groups is 1. The Morgan fingerprint density at radius 2 is 1.73 bits per heavy atom. The number of aliphatic hydroxyl groups excluding tert-OH is 4. The van der Waals surface area contributed by atoms with Crippen LogP contribution in [0.5, 0.6) is 5.75 Å². The zero-order chi connectivity index (χ0) is 21.4. The molecule has 0 aliphatic carbocycles. The van der Waals surface area contributed by atoms with Gasteiger partial charge in [0.15, 0.2) is 6.23 Å². The molecule has 5 N–H and O–H groups in total. The normalized spacial score (nSPS) is 26.9. The number of rotatable bonds is 5. The Hall–Kier alpha value is -2.07. The number of ether oxygens (including phenoxy) is 1. The highest BCUT2D eigenvalue weighted by molar-refractivity contribution is 7.99. The number of aliphatic hydroxyl groups is 4. The van der Waals surface area contributed by atoms with Crippen molar-refractivity contribution >= 4 is 22.7 Å². The summed E-state index contributed by atoms with van der Waals surface area (Å²) < 4.78 is 7.26. The van der Waals surface area contributed by atoms with Gasteiger partial charge in [0.25, 0.3) is 0 Å². The van der Waals surface area contributed by atoms with Crippen molar-refractivity contribution in [2.45, 2.75) is 53.8 Å². The molecule has 0 radical (unpaired) electrons. The van der Waals surface area contributed by atoms with Crippen molar-refractivity contribution in [2.75, 3.05) is 6.61 Å². The minimum atomic E-state index is -1.50. The van der Waals surface area contributed by atoms with Crippen LogP contribution in [0.4, 0.5) is 0 Å². The predicted octanol–water partition coefficient (Wildman–Crippen LogP) is 2.03. The number of nitrogens with zero attached hydrogens (tertiary/aromatic N) is 1. The lowest BCUT2D eigenvalue weighted by Gasteiger charge is -2.40. The number of aromatic nitrogens is 1. The number of phenolic OH excluding ortho intramolecular Hbond substituents is 1. The fraction of sp³-hybridized carbons (Fsp3) is 0.364. The second-order valence-corrected chi connectivity index (χ2v) is 8.51. The van der Waals surface area contributed by atoms with E-state index >= 15 is 0 Å². The molecule has 1 saturated heterocycles. The summed E-state index contributed by atoms with van der Waals surface area (Å²) in [6.45, 7) is 1.58. The van der Waals surface area contributed by atoms with E-state index < -0.39 is 37.3 Å². The molecule has 2 aromatic carbocycles. The zero-order valence-electron chi connectivity index (χ0n) is 16.4. The van der Waals surface area contributed by atoms with Crippen molar-refractivity contribution in [3.8, 4) is 5.75 Å². The Balaban J connectivity index is 1.76. The second kappa shape index (κ2) is 8.58. The molecule has 2 heterocycles. The maximum absolute atomic E-state index is 10.6. The molecule has 1 aliphatic heterocycles. The molecule has 1 aliphatic rings. The van der Waals surface area contributed by atoms with Crippen molar-refractivity contribution in [1.82, 2.24) is 4.57 Å². The topological polar surface area (TPSA) is 115 Å². The maximum Gasteiger partial charge on any atom is 0.163 e. The van der Waals surface area contributed by atoms with Crippen LogP contribution in [0.3, 0.4) is 0 Å². The molecule has 1 fully saturated rings. The summed E-state index contributed by atoms with van der Waals surface area (Å²) in [5.41, 5.74) is 1.68. The third kappa shape index (κ3) is 3.71. The highest BCUT2D eigenvalue weighted by atomic mass is 32.2. The quantitative estimate of drug-likeness (QED) is 0.420. The smallest absolute Gasteiger partial charge is 0.163 e. The Morgan fingerprint density at radius 1 is 1.00 bits per heavy atom. The van der Waals surface area contributed by atoms with Crippen molar-refractivity contribution < 1.29 is 30.3 Å². The molecule has 30 heavy (non-hydrogen) atoms. The second-order valence-electron chi connectivity index (χ2n) is 7.39. The van der Waals surface area contributed by atoms with E-state index in [9.17, 15) is 25.5 Å². The van der Waals surface area contributed by atoms with Crippen molar-refractivity contribution in [2.24, 2.45) is 0 Å². The lowest BCUT2D eigenvalue weighted by atomic mass is 9.98. The van der Waals surface area contributed by atoms with Crippen LogP contribution in [0.25, 0.3) is 10.9 Å². The van der Waals surface area contributed by atoms with E-state index in [1.54, 1.807) is 16.8 Å². The number of aryl methyl sites for hydroxylation is 1. The van der Waals surface area contributed by atoms with Gasteiger partial charge in [-0.1, -0.05) is 43.0 Å². The van der Waals surface area contributed by atoms with E-state index in [1.807, 2.05) is 18.2 Å². The number of hydrogen-bond acceptors (Lipinski definition) is 7. The van der Waals surface area contributed by atoms with E-state index in [4.69, 9.17) is 4.74 Å². The van der Waals surface area contributed by atoms with Gasteiger partial charge < -0.3 is 34.8 Å². The van der Waals surface area contributed by atoms with Crippen molar-refractivity contribution in [3.63, 3.8) is 0 Å². The van der Waals surface area contributed by atoms with Gasteiger partial charge in [0.2, 0.25) is 0 Å². The van der Waals surface area contributed by atoms with Crippen LogP contribution in [0.15, 0.2) is 58.5 Å². The SMILES string of the molecule is CCc1ccc(Sc2cn([C@@H]3O[C@H](CO)[C@@H](O)[C@H](O)[C@H]3O)c3c(O)cccc23)cc1. The summed E-state index contributed by atoms with van der Waals surface area (Å²) in [5, 5.41) is 51.6. The minimum Gasteiger partial charge on any atom is -0.506 e. The maximum atomic E-state index is 10.6. The minimum absolute atomic E-state index is 0.00218. The zero-order valence-corrected chi connectivity index (χ0v) is 17.2. The number of phenols is 1. The average molecular weight is 432 g/mol. The lowest BCUT2D eigenvalue weighted by Crippen LogP contribution is -2.56. The van der Waals surface area contributed by atoms with Gasteiger partial charge in [-0.25, -0.2) is 0 Å². The molecule has 0 bridgehead atoms. The average Bonchev–Trinajstić information content (AvgIpc) is 3.12. The summed E-state index contributed by atoms with van der Waals surface area (Å²) in [6.07, 6.45) is -3.81. The van der Waals surface area contributed by atoms with Crippen LogP contribution < -0.4 is 0 Å². The molecule has 7 nitrogen and oxygen atoms in total. The van der Waals surface area contributed by atoms with Crippen LogP contribution in [0.2, 0.25) is 0 Å². The van der Waals surface area contributed by atoms with Crippen molar-refractivity contribution in [3.05, 3.63) is 54.2 Å². The number of fused-ring (bicyclic) bond motifs is 1. The molecule has 3 aromatic rings.